The van der Waals surface area contributed by atoms with E-state index in [0.717, 1.165) is 11.3 Å². The van der Waals surface area contributed by atoms with Gasteiger partial charge in [0.1, 0.15) is 23.9 Å². The van der Waals surface area contributed by atoms with Gasteiger partial charge in [-0.1, -0.05) is 5.16 Å². The van der Waals surface area contributed by atoms with Crippen molar-refractivity contribution in [2.24, 2.45) is 16.8 Å². The lowest BCUT2D eigenvalue weighted by atomic mass is 9.74. The van der Waals surface area contributed by atoms with Crippen molar-refractivity contribution >= 4 is 50.1 Å². The van der Waals surface area contributed by atoms with Crippen molar-refractivity contribution in [2.45, 2.75) is 31.9 Å². The van der Waals surface area contributed by atoms with Crippen molar-refractivity contribution in [1.29, 1.82) is 5.41 Å². The van der Waals surface area contributed by atoms with Gasteiger partial charge in [0.2, 0.25) is 0 Å². The highest BCUT2D eigenvalue weighted by Gasteiger charge is 2.57. The minimum absolute atomic E-state index is 0.0746. The number of aliphatic hydroxyl groups is 1. The number of nitrogens with two attached hydrogens (primary N) is 2. The summed E-state index contributed by atoms with van der Waals surface area (Å²) in [5.41, 5.74) is 10.1. The van der Waals surface area contributed by atoms with Crippen LogP contribution >= 0.6 is 11.3 Å². The maximum absolute atomic E-state index is 13.2. The molecule has 0 spiro atoms. The molecule has 0 saturated carbocycles. The van der Waals surface area contributed by atoms with Crippen LogP contribution < -0.4 is 16.2 Å². The summed E-state index contributed by atoms with van der Waals surface area (Å²) in [6, 6.07) is 6.32. The van der Waals surface area contributed by atoms with Gasteiger partial charge in [0.25, 0.3) is 5.91 Å². The zero-order valence-electron chi connectivity index (χ0n) is 20.2. The second kappa shape index (κ2) is 11.4. The molecule has 15 nitrogen and oxygen atoms in total. The molecule has 1 aromatic heterocycles. The minimum Gasteiger partial charge on any atom is -0.490 e. The zero-order valence-corrected chi connectivity index (χ0v) is 21.9. The number of nitrogen functional groups attached to an aromatic ring is 2. The van der Waals surface area contributed by atoms with Crippen LogP contribution in [0.1, 0.15) is 31.5 Å². The third kappa shape index (κ3) is 6.81. The number of benzene rings is 1. The molecular weight excluding hydrogens is 544 g/mol. The molecule has 1 fully saturated rings. The highest BCUT2D eigenvalue weighted by Crippen LogP contribution is 2.40. The predicted molar refractivity (Wildman–Crippen MR) is 135 cm³/mol. The molecule has 17 heteroatoms. The molecule has 1 aliphatic rings. The average Bonchev–Trinajstić information content (AvgIpc) is 3.28. The fraction of sp³-hybridized carbons (Fsp3) is 0.381. The Morgan fingerprint density at radius 1 is 1.34 bits per heavy atom. The SMILES string of the molecule is CC1(C)C(CC(=O)/C(=N\O[C@@H](CO)COc2ccc(C(=N)N)cc2)c2csc(N)n2)C(=O)N1OS(=O)(=O)O. The van der Waals surface area contributed by atoms with E-state index in [4.69, 9.17) is 31.0 Å². The first-order valence-corrected chi connectivity index (χ1v) is 13.1. The second-order valence-electron chi connectivity index (χ2n) is 8.64. The Hall–Kier alpha value is -3.64. The normalized spacial score (nSPS) is 18.0. The summed E-state index contributed by atoms with van der Waals surface area (Å²) in [4.78, 5) is 35.0. The molecule has 3 rings (SSSR count). The van der Waals surface area contributed by atoms with E-state index in [-0.39, 0.29) is 29.0 Å². The van der Waals surface area contributed by atoms with Gasteiger partial charge in [0.15, 0.2) is 22.7 Å². The van der Waals surface area contributed by atoms with Gasteiger partial charge in [0.05, 0.1) is 18.1 Å². The molecule has 1 aliphatic heterocycles. The summed E-state index contributed by atoms with van der Waals surface area (Å²) in [6.07, 6.45) is -1.42. The van der Waals surface area contributed by atoms with Crippen LogP contribution in [0, 0.1) is 11.3 Å². The monoisotopic (exact) mass is 570 g/mol. The maximum atomic E-state index is 13.2. The Labute approximate surface area is 221 Å². The number of ether oxygens (including phenoxy) is 1. The van der Waals surface area contributed by atoms with Crippen molar-refractivity contribution in [3.8, 4) is 5.75 Å². The van der Waals surface area contributed by atoms with Crippen LogP contribution in [-0.2, 0) is 29.1 Å². The van der Waals surface area contributed by atoms with E-state index in [0.29, 0.717) is 16.4 Å². The number of aromatic nitrogens is 1. The molecule has 2 aromatic rings. The van der Waals surface area contributed by atoms with Crippen LogP contribution in [0.5, 0.6) is 5.75 Å². The van der Waals surface area contributed by atoms with Crippen molar-refractivity contribution < 1.29 is 41.5 Å². The number of ketones is 1. The van der Waals surface area contributed by atoms with Gasteiger partial charge in [-0.05, 0) is 38.1 Å². The Bertz CT molecular complexity index is 1340. The fourth-order valence-corrected chi connectivity index (χ4v) is 4.45. The third-order valence-electron chi connectivity index (χ3n) is 5.56. The Kier molecular flexibility index (Phi) is 8.68. The Balaban J connectivity index is 1.72. The molecular formula is C21H26N6O9S2. The summed E-state index contributed by atoms with van der Waals surface area (Å²) in [7, 11) is -4.95. The first-order chi connectivity index (χ1) is 17.7. The van der Waals surface area contributed by atoms with E-state index >= 15 is 0 Å². The Morgan fingerprint density at radius 2 is 2.00 bits per heavy atom. The first kappa shape index (κ1) is 28.9. The number of carbonyl (C=O) groups is 2. The van der Waals surface area contributed by atoms with Crippen LogP contribution in [0.25, 0.3) is 0 Å². The lowest BCUT2D eigenvalue weighted by Gasteiger charge is -2.50. The highest BCUT2D eigenvalue weighted by atomic mass is 32.3. The standard InChI is InChI=1S/C21H26N6O9S2/c1-21(2)14(19(30)27(21)36-38(31,32)33)7-16(29)17(15-10-37-20(24)25-15)26-35-13(8-28)9-34-12-5-3-11(4-6-12)18(22)23/h3-6,10,13-14,28H,7-9H2,1-2H3,(H3,22,23)(H2,24,25)(H,31,32,33)/b26-17-/t13-,14?/m0/s1. The number of β-lactam (4-membered cyclic amide) rings is 1. The number of nitrogens with zero attached hydrogens (tertiary/aromatic N) is 3. The predicted octanol–water partition coefficient (Wildman–Crippen LogP) is 0.101. The zero-order chi connectivity index (χ0) is 28.3. The van der Waals surface area contributed by atoms with E-state index in [1.807, 2.05) is 0 Å². The van der Waals surface area contributed by atoms with Crippen LogP contribution in [-0.4, -0.2) is 76.2 Å². The van der Waals surface area contributed by atoms with Gasteiger partial charge in [-0.2, -0.15) is 13.5 Å². The number of hydroxylamine groups is 2. The Morgan fingerprint density at radius 3 is 2.50 bits per heavy atom. The van der Waals surface area contributed by atoms with Gasteiger partial charge >= 0.3 is 10.4 Å². The second-order valence-corrected chi connectivity index (χ2v) is 10.5. The number of amidine groups is 1. The number of carbonyl (C=O) groups excluding carboxylic acids is 2. The molecule has 1 aromatic carbocycles. The molecule has 0 bridgehead atoms. The molecule has 206 valence electrons. The number of hydrogen-bond donors (Lipinski definition) is 5. The smallest absolute Gasteiger partial charge is 0.418 e. The number of hydrogen-bond acceptors (Lipinski definition) is 13. The average molecular weight is 571 g/mol. The number of Topliss-reactive ketones (excluding diaryl/α,β-unsaturated/α-hetero) is 1. The number of aliphatic hydroxyl groups excluding tert-OH is 1. The van der Waals surface area contributed by atoms with Crippen molar-refractivity contribution in [1.82, 2.24) is 10.0 Å². The highest BCUT2D eigenvalue weighted by molar-refractivity contribution is 7.80. The number of nitrogens with one attached hydrogen (secondary N) is 1. The van der Waals surface area contributed by atoms with Crippen molar-refractivity contribution in [3.63, 3.8) is 0 Å². The lowest BCUT2D eigenvalue weighted by Crippen LogP contribution is -2.68. The number of oxime groups is 1. The van der Waals surface area contributed by atoms with E-state index < -0.39 is 52.7 Å². The summed E-state index contributed by atoms with van der Waals surface area (Å²) in [6.45, 7) is 2.23. The third-order valence-corrected chi connectivity index (χ3v) is 6.57. The summed E-state index contributed by atoms with van der Waals surface area (Å²) < 4.78 is 40.8. The number of thiazole rings is 1. The molecule has 2 atom stereocenters. The molecule has 0 radical (unpaired) electrons. The van der Waals surface area contributed by atoms with Crippen LogP contribution in [0.4, 0.5) is 5.13 Å². The van der Waals surface area contributed by atoms with E-state index in [1.165, 1.54) is 19.2 Å². The minimum atomic E-state index is -4.95. The lowest BCUT2D eigenvalue weighted by molar-refractivity contribution is -0.228. The van der Waals surface area contributed by atoms with E-state index in [9.17, 15) is 23.1 Å². The van der Waals surface area contributed by atoms with E-state index in [1.54, 1.807) is 24.3 Å². The summed E-state index contributed by atoms with van der Waals surface area (Å²) in [5.74, 6) is -2.21. The summed E-state index contributed by atoms with van der Waals surface area (Å²) in [5, 5.41) is 23.0. The molecule has 1 unspecified atom stereocenters. The first-order valence-electron chi connectivity index (χ1n) is 10.9. The van der Waals surface area contributed by atoms with Gasteiger partial charge in [-0.15, -0.1) is 15.6 Å². The molecule has 2 heterocycles. The van der Waals surface area contributed by atoms with Crippen LogP contribution in [0.3, 0.4) is 0 Å². The van der Waals surface area contributed by atoms with Gasteiger partial charge in [-0.3, -0.25) is 19.6 Å². The molecule has 1 saturated heterocycles. The maximum Gasteiger partial charge on any atom is 0.418 e. The molecule has 7 N–H and O–H groups in total. The largest absolute Gasteiger partial charge is 0.490 e. The van der Waals surface area contributed by atoms with Crippen LogP contribution in [0.2, 0.25) is 0 Å². The van der Waals surface area contributed by atoms with Gasteiger partial charge < -0.3 is 26.1 Å². The van der Waals surface area contributed by atoms with Crippen molar-refractivity contribution in [3.05, 3.63) is 40.9 Å². The topological polar surface area (TPSA) is 241 Å². The molecule has 38 heavy (non-hydrogen) atoms. The van der Waals surface area contributed by atoms with Gasteiger partial charge in [0, 0.05) is 17.4 Å². The molecule has 0 aliphatic carbocycles. The number of rotatable bonds is 13. The summed E-state index contributed by atoms with van der Waals surface area (Å²) >= 11 is 1.04. The number of anilines is 1. The van der Waals surface area contributed by atoms with Crippen molar-refractivity contribution in [2.75, 3.05) is 18.9 Å². The van der Waals surface area contributed by atoms with Gasteiger partial charge in [-0.25, -0.2) is 4.98 Å². The van der Waals surface area contributed by atoms with E-state index in [2.05, 4.69) is 14.4 Å². The van der Waals surface area contributed by atoms with Crippen LogP contribution in [0.15, 0.2) is 34.8 Å². The fourth-order valence-electron chi connectivity index (χ4n) is 3.45. The quantitative estimate of drug-likeness (QED) is 0.0708. The molecule has 1 amide bonds. The number of amides is 1.